The molecule has 3 aromatic rings. The number of rotatable bonds is 3. The largest absolute Gasteiger partial charge is 0.598 e. The number of benzene rings is 1. The predicted molar refractivity (Wildman–Crippen MR) is 113 cm³/mol. The Labute approximate surface area is 171 Å². The second kappa shape index (κ2) is 7.23. The summed E-state index contributed by atoms with van der Waals surface area (Å²) >= 11 is -1.36. The summed E-state index contributed by atoms with van der Waals surface area (Å²) in [4.78, 5) is 17.6. The Morgan fingerprint density at radius 2 is 2.07 bits per heavy atom. The maximum atomic E-state index is 14.4. The molecule has 0 fully saturated rings. The number of aryl methyl sites for hydroxylation is 1. The zero-order chi connectivity index (χ0) is 20.9. The minimum absolute atomic E-state index is 0.210. The van der Waals surface area contributed by atoms with Crippen LogP contribution in [0, 0.1) is 5.82 Å². The summed E-state index contributed by atoms with van der Waals surface area (Å²) < 4.78 is 35.7. The molecular weight excluding hydrogens is 391 g/mol. The highest BCUT2D eigenvalue weighted by Gasteiger charge is 2.30. The van der Waals surface area contributed by atoms with Gasteiger partial charge in [0.05, 0.1) is 17.1 Å². The molecule has 0 bridgehead atoms. The molecule has 2 aromatic heterocycles. The lowest BCUT2D eigenvalue weighted by Crippen LogP contribution is -2.40. The third kappa shape index (κ3) is 3.58. The molecule has 0 saturated heterocycles. The van der Waals surface area contributed by atoms with Gasteiger partial charge in [-0.25, -0.2) is 4.39 Å². The quantitative estimate of drug-likeness (QED) is 0.650. The van der Waals surface area contributed by atoms with E-state index in [2.05, 4.69) is 9.71 Å². The molecule has 5 nitrogen and oxygen atoms in total. The van der Waals surface area contributed by atoms with Crippen molar-refractivity contribution in [3.63, 3.8) is 0 Å². The second-order valence-corrected chi connectivity index (χ2v) is 10.3. The van der Waals surface area contributed by atoms with Crippen LogP contribution in [-0.2, 0) is 24.2 Å². The molecular formula is C22H23FN2O3S. The predicted octanol–water partition coefficient (Wildman–Crippen LogP) is 4.21. The van der Waals surface area contributed by atoms with Crippen molar-refractivity contribution >= 4 is 22.3 Å². The Morgan fingerprint density at radius 1 is 1.31 bits per heavy atom. The fourth-order valence-corrected chi connectivity index (χ4v) is 4.38. The maximum absolute atomic E-state index is 14.4. The second-order valence-electron chi connectivity index (χ2n) is 8.33. The molecule has 0 aliphatic heterocycles. The van der Waals surface area contributed by atoms with Crippen LogP contribution in [0.15, 0.2) is 39.7 Å². The first-order valence-corrected chi connectivity index (χ1v) is 10.7. The molecule has 29 heavy (non-hydrogen) atoms. The van der Waals surface area contributed by atoms with Crippen molar-refractivity contribution in [1.82, 2.24) is 9.71 Å². The zero-order valence-electron chi connectivity index (χ0n) is 16.8. The lowest BCUT2D eigenvalue weighted by molar-refractivity contribution is 0.527. The molecule has 1 aliphatic carbocycles. The fourth-order valence-electron chi connectivity index (χ4n) is 3.58. The van der Waals surface area contributed by atoms with Gasteiger partial charge in [-0.3, -0.25) is 9.78 Å². The van der Waals surface area contributed by atoms with E-state index in [-0.39, 0.29) is 10.8 Å². The van der Waals surface area contributed by atoms with E-state index in [0.717, 1.165) is 11.3 Å². The van der Waals surface area contributed by atoms with E-state index in [9.17, 15) is 13.7 Å². The van der Waals surface area contributed by atoms with E-state index < -0.39 is 28.0 Å². The van der Waals surface area contributed by atoms with Crippen molar-refractivity contribution in [2.24, 2.45) is 0 Å². The van der Waals surface area contributed by atoms with Crippen LogP contribution in [0.5, 0.6) is 0 Å². The number of aromatic nitrogens is 1. The van der Waals surface area contributed by atoms with Crippen LogP contribution >= 0.6 is 0 Å². The van der Waals surface area contributed by atoms with Gasteiger partial charge in [-0.1, -0.05) is 0 Å². The molecule has 2 atom stereocenters. The Bertz CT molecular complexity index is 1150. The number of nitrogens with one attached hydrogen (secondary N) is 1. The smallest absolute Gasteiger partial charge is 0.196 e. The van der Waals surface area contributed by atoms with Gasteiger partial charge in [0.1, 0.15) is 21.9 Å². The average molecular weight is 415 g/mol. The monoisotopic (exact) mass is 414 g/mol. The summed E-state index contributed by atoms with van der Waals surface area (Å²) in [5, 5.41) is 0.210. The van der Waals surface area contributed by atoms with Crippen LogP contribution < -0.4 is 10.2 Å². The van der Waals surface area contributed by atoms with Crippen molar-refractivity contribution in [1.29, 1.82) is 0 Å². The minimum Gasteiger partial charge on any atom is -0.598 e. The SMILES string of the molecule is C[C@@H](N[S+]([O-])C(C)(C)C)c1cc(F)cc2c(=O)c3c(oc12)-c1cccnc1CC3. The molecule has 2 heterocycles. The van der Waals surface area contributed by atoms with Gasteiger partial charge in [0.25, 0.3) is 0 Å². The molecule has 0 radical (unpaired) electrons. The molecule has 1 aromatic carbocycles. The number of nitrogens with zero attached hydrogens (tertiary/aromatic N) is 1. The van der Waals surface area contributed by atoms with Crippen LogP contribution in [0.3, 0.4) is 0 Å². The Kier molecular flexibility index (Phi) is 5.01. The topological polar surface area (TPSA) is 78.2 Å². The molecule has 152 valence electrons. The number of fused-ring (bicyclic) bond motifs is 4. The van der Waals surface area contributed by atoms with E-state index in [1.165, 1.54) is 12.1 Å². The van der Waals surface area contributed by atoms with Gasteiger partial charge in [0, 0.05) is 34.2 Å². The van der Waals surface area contributed by atoms with E-state index in [1.807, 2.05) is 26.8 Å². The third-order valence-electron chi connectivity index (χ3n) is 5.13. The number of pyridine rings is 1. The number of hydrogen-bond acceptors (Lipinski definition) is 5. The summed E-state index contributed by atoms with van der Waals surface area (Å²) in [5.41, 5.74) is 2.79. The van der Waals surface area contributed by atoms with Crippen molar-refractivity contribution in [3.8, 4) is 11.3 Å². The lowest BCUT2D eigenvalue weighted by Gasteiger charge is -2.27. The summed E-state index contributed by atoms with van der Waals surface area (Å²) in [6.07, 6.45) is 2.87. The van der Waals surface area contributed by atoms with Gasteiger partial charge >= 0.3 is 0 Å². The highest BCUT2D eigenvalue weighted by Crippen LogP contribution is 2.35. The standard InChI is InChI=1S/C22H23FN2O3S/c1-12(25-29(27)22(2,3)4)16-10-13(23)11-17-19(26)15-7-8-18-14(6-5-9-24-18)20(15)28-21(16)17/h5-6,9-12,25H,7-8H2,1-4H3/t12-,29?/m1/s1. The summed E-state index contributed by atoms with van der Waals surface area (Å²) in [6.45, 7) is 7.35. The zero-order valence-corrected chi connectivity index (χ0v) is 17.7. The maximum Gasteiger partial charge on any atom is 0.196 e. The van der Waals surface area contributed by atoms with E-state index in [4.69, 9.17) is 4.42 Å². The molecule has 7 heteroatoms. The van der Waals surface area contributed by atoms with Gasteiger partial charge in [-0.05, 0) is 64.8 Å². The normalized spacial score (nSPS) is 15.7. The van der Waals surface area contributed by atoms with Crippen molar-refractivity contribution < 1.29 is 13.4 Å². The third-order valence-corrected chi connectivity index (χ3v) is 6.81. The van der Waals surface area contributed by atoms with Gasteiger partial charge in [0.15, 0.2) is 5.43 Å². The molecule has 1 unspecified atom stereocenters. The minimum atomic E-state index is -1.36. The van der Waals surface area contributed by atoms with Crippen molar-refractivity contribution in [3.05, 3.63) is 63.3 Å². The Balaban J connectivity index is 1.91. The number of hydrogen-bond donors (Lipinski definition) is 1. The van der Waals surface area contributed by atoms with Gasteiger partial charge < -0.3 is 8.97 Å². The molecule has 0 amide bonds. The summed E-state index contributed by atoms with van der Waals surface area (Å²) in [6, 6.07) is 5.76. The highest BCUT2D eigenvalue weighted by atomic mass is 32.2. The lowest BCUT2D eigenvalue weighted by atomic mass is 9.92. The summed E-state index contributed by atoms with van der Waals surface area (Å²) in [7, 11) is 0. The van der Waals surface area contributed by atoms with Crippen LogP contribution in [0.1, 0.15) is 50.6 Å². The van der Waals surface area contributed by atoms with Crippen LogP contribution in [-0.4, -0.2) is 14.3 Å². The fraction of sp³-hybridized carbons (Fsp3) is 0.364. The Morgan fingerprint density at radius 3 is 2.79 bits per heavy atom. The molecule has 0 spiro atoms. The van der Waals surface area contributed by atoms with E-state index >= 15 is 0 Å². The first-order chi connectivity index (χ1) is 13.7. The van der Waals surface area contributed by atoms with Crippen LogP contribution in [0.2, 0.25) is 0 Å². The summed E-state index contributed by atoms with van der Waals surface area (Å²) in [5.74, 6) is -0.0262. The molecule has 4 rings (SSSR count). The molecule has 1 aliphatic rings. The average Bonchev–Trinajstić information content (AvgIpc) is 2.67. The molecule has 1 N–H and O–H groups in total. The first-order valence-electron chi connectivity index (χ1n) is 9.58. The van der Waals surface area contributed by atoms with Crippen molar-refractivity contribution in [2.45, 2.75) is 51.3 Å². The Hall–Kier alpha value is -2.22. The first kappa shape index (κ1) is 20.1. The van der Waals surface area contributed by atoms with Crippen LogP contribution in [0.4, 0.5) is 4.39 Å². The van der Waals surface area contributed by atoms with Gasteiger partial charge in [0.2, 0.25) is 0 Å². The van der Waals surface area contributed by atoms with Crippen LogP contribution in [0.25, 0.3) is 22.3 Å². The van der Waals surface area contributed by atoms with E-state index in [1.54, 1.807) is 19.2 Å². The van der Waals surface area contributed by atoms with Gasteiger partial charge in [-0.15, -0.1) is 4.72 Å². The van der Waals surface area contributed by atoms with Gasteiger partial charge in [-0.2, -0.15) is 0 Å². The highest BCUT2D eigenvalue weighted by molar-refractivity contribution is 7.90. The van der Waals surface area contributed by atoms with E-state index in [0.29, 0.717) is 35.3 Å². The van der Waals surface area contributed by atoms with Crippen molar-refractivity contribution in [2.75, 3.05) is 0 Å². The molecule has 0 saturated carbocycles. The number of halogens is 1.